The van der Waals surface area contributed by atoms with Crippen LogP contribution in [0, 0.1) is 27.7 Å². The van der Waals surface area contributed by atoms with Gasteiger partial charge in [0.05, 0.1) is 0 Å². The number of benzene rings is 7. The van der Waals surface area contributed by atoms with Gasteiger partial charge in [-0.15, -0.1) is 0 Å². The average Bonchev–Trinajstić information content (AvgIpc) is 3.81. The number of fused-ring (bicyclic) bond motifs is 2. The van der Waals surface area contributed by atoms with E-state index in [-0.39, 0.29) is 0 Å². The van der Waals surface area contributed by atoms with Gasteiger partial charge in [-0.25, -0.2) is 0 Å². The molecule has 0 saturated carbocycles. The molecular formula is C52H44N2. The fourth-order valence-corrected chi connectivity index (χ4v) is 7.88. The lowest BCUT2D eigenvalue weighted by atomic mass is 9.99. The Bertz CT molecular complexity index is 2240. The van der Waals surface area contributed by atoms with E-state index in [1.165, 1.54) is 66.8 Å². The molecule has 0 aromatic heterocycles. The Kier molecular flexibility index (Phi) is 8.60. The van der Waals surface area contributed by atoms with Crippen LogP contribution in [-0.2, 0) is 12.8 Å². The molecule has 7 aromatic carbocycles. The highest BCUT2D eigenvalue weighted by Crippen LogP contribution is 2.41. The van der Waals surface area contributed by atoms with Crippen molar-refractivity contribution in [3.8, 4) is 0 Å². The molecule has 0 N–H and O–H groups in total. The van der Waals surface area contributed by atoms with E-state index in [1.54, 1.807) is 0 Å². The monoisotopic (exact) mass is 696 g/mol. The summed E-state index contributed by atoms with van der Waals surface area (Å²) in [6.07, 6.45) is 6.71. The highest BCUT2D eigenvalue weighted by Gasteiger charge is 2.22. The van der Waals surface area contributed by atoms with E-state index < -0.39 is 0 Å². The van der Waals surface area contributed by atoms with E-state index in [4.69, 9.17) is 0 Å². The third-order valence-corrected chi connectivity index (χ3v) is 11.0. The highest BCUT2D eigenvalue weighted by atomic mass is 15.1. The molecular weight excluding hydrogens is 653 g/mol. The zero-order valence-corrected chi connectivity index (χ0v) is 31.5. The summed E-state index contributed by atoms with van der Waals surface area (Å²) in [6.45, 7) is 8.55. The molecule has 0 radical (unpaired) electrons. The average molecular weight is 697 g/mol. The van der Waals surface area contributed by atoms with Gasteiger partial charge in [-0.05, 0) is 158 Å². The number of hydrogen-bond donors (Lipinski definition) is 0. The maximum absolute atomic E-state index is 2.43. The minimum absolute atomic E-state index is 0.952. The van der Waals surface area contributed by atoms with E-state index in [1.807, 2.05) is 0 Å². The van der Waals surface area contributed by atoms with Crippen LogP contribution in [0.4, 0.5) is 34.1 Å². The number of anilines is 6. The maximum atomic E-state index is 2.43. The lowest BCUT2D eigenvalue weighted by molar-refractivity contribution is 1.25. The Morgan fingerprint density at radius 3 is 0.815 bits per heavy atom. The second kappa shape index (κ2) is 13.9. The summed E-state index contributed by atoms with van der Waals surface area (Å²) in [5.74, 6) is 0. The van der Waals surface area contributed by atoms with Crippen LogP contribution in [-0.4, -0.2) is 0 Å². The van der Waals surface area contributed by atoms with Crippen molar-refractivity contribution >= 4 is 57.4 Å². The summed E-state index contributed by atoms with van der Waals surface area (Å²) in [5, 5.41) is 0. The highest BCUT2D eigenvalue weighted by molar-refractivity contribution is 5.94. The van der Waals surface area contributed by atoms with Gasteiger partial charge in [0.1, 0.15) is 0 Å². The van der Waals surface area contributed by atoms with Crippen LogP contribution < -0.4 is 9.80 Å². The lowest BCUT2D eigenvalue weighted by Gasteiger charge is -2.26. The SMILES string of the molecule is Cc1ccc(N(c2ccc(C)cc2)c2ccc(C3=Cc4cc5c(cc4C3)C=C(c3ccc(N(c4ccc(C)cc4)c4ccc(C)cc4)cc3)C5)cc2)cc1. The molecule has 2 aliphatic rings. The number of hydrogen-bond acceptors (Lipinski definition) is 2. The van der Waals surface area contributed by atoms with Gasteiger partial charge < -0.3 is 9.80 Å². The predicted molar refractivity (Wildman–Crippen MR) is 231 cm³/mol. The fraction of sp³-hybridized carbons (Fsp3) is 0.115. The molecule has 0 saturated heterocycles. The summed E-state index contributed by atoms with van der Waals surface area (Å²) in [6, 6.07) is 58.2. The molecule has 2 nitrogen and oxygen atoms in total. The Labute approximate surface area is 320 Å². The molecule has 0 fully saturated rings. The Morgan fingerprint density at radius 1 is 0.315 bits per heavy atom. The fourth-order valence-electron chi connectivity index (χ4n) is 7.88. The van der Waals surface area contributed by atoms with Crippen LogP contribution in [0.5, 0.6) is 0 Å². The van der Waals surface area contributed by atoms with Crippen LogP contribution in [0.25, 0.3) is 23.3 Å². The van der Waals surface area contributed by atoms with Gasteiger partial charge in [-0.2, -0.15) is 0 Å². The minimum Gasteiger partial charge on any atom is -0.311 e. The molecule has 262 valence electrons. The second-order valence-electron chi connectivity index (χ2n) is 15.0. The molecule has 0 bridgehead atoms. The lowest BCUT2D eigenvalue weighted by Crippen LogP contribution is -2.10. The Balaban J connectivity index is 0.933. The molecule has 0 amide bonds. The molecule has 0 atom stereocenters. The molecule has 0 heterocycles. The van der Waals surface area contributed by atoms with E-state index >= 15 is 0 Å². The summed E-state index contributed by atoms with van der Waals surface area (Å²) in [5.41, 5.74) is 22.9. The van der Waals surface area contributed by atoms with Crippen LogP contribution in [0.2, 0.25) is 0 Å². The van der Waals surface area contributed by atoms with E-state index in [0.29, 0.717) is 0 Å². The summed E-state index contributed by atoms with van der Waals surface area (Å²) in [7, 11) is 0. The van der Waals surface area contributed by atoms with Crippen LogP contribution in [0.3, 0.4) is 0 Å². The molecule has 2 aliphatic carbocycles. The van der Waals surface area contributed by atoms with Crippen molar-refractivity contribution in [2.75, 3.05) is 9.80 Å². The standard InChI is InChI=1S/C52H44N2/c1-35-5-17-47(18-6-35)53(48-19-7-36(2)8-20-48)51-25-13-39(14-26-51)41-29-43-33-45-31-42(32-46(45)34-44(43)30-41)40-15-27-52(28-16-40)54(49-21-9-37(3)10-22-49)50-23-11-38(4)12-24-50/h5-29,32-34H,30-31H2,1-4H3. The molecule has 0 unspecified atom stereocenters. The first-order valence-corrected chi connectivity index (χ1v) is 19.0. The van der Waals surface area contributed by atoms with Gasteiger partial charge in [0.2, 0.25) is 0 Å². The van der Waals surface area contributed by atoms with E-state index in [0.717, 1.165) is 47.0 Å². The molecule has 2 heteroatoms. The summed E-state index contributed by atoms with van der Waals surface area (Å²) in [4.78, 5) is 4.68. The third-order valence-electron chi connectivity index (χ3n) is 11.0. The minimum atomic E-state index is 0.952. The third kappa shape index (κ3) is 6.57. The molecule has 54 heavy (non-hydrogen) atoms. The number of aryl methyl sites for hydroxylation is 4. The normalized spacial score (nSPS) is 12.9. The van der Waals surface area contributed by atoms with Gasteiger partial charge >= 0.3 is 0 Å². The van der Waals surface area contributed by atoms with Gasteiger partial charge in [-0.1, -0.05) is 119 Å². The van der Waals surface area contributed by atoms with Crippen LogP contribution >= 0.6 is 0 Å². The van der Waals surface area contributed by atoms with Crippen molar-refractivity contribution in [2.24, 2.45) is 0 Å². The zero-order valence-electron chi connectivity index (χ0n) is 31.5. The molecule has 7 aromatic rings. The van der Waals surface area contributed by atoms with Crippen molar-refractivity contribution in [1.29, 1.82) is 0 Å². The molecule has 0 aliphatic heterocycles. The smallest absolute Gasteiger partial charge is 0.0462 e. The number of nitrogens with zero attached hydrogens (tertiary/aromatic N) is 2. The molecule has 9 rings (SSSR count). The van der Waals surface area contributed by atoms with Crippen molar-refractivity contribution < 1.29 is 0 Å². The second-order valence-corrected chi connectivity index (χ2v) is 15.0. The van der Waals surface area contributed by atoms with Gasteiger partial charge in [0.25, 0.3) is 0 Å². The quantitative estimate of drug-likeness (QED) is 0.156. The predicted octanol–water partition coefficient (Wildman–Crippen LogP) is 14.1. The van der Waals surface area contributed by atoms with E-state index in [2.05, 4.69) is 207 Å². The van der Waals surface area contributed by atoms with Crippen molar-refractivity contribution in [1.82, 2.24) is 0 Å². The van der Waals surface area contributed by atoms with Crippen LogP contribution in [0.1, 0.15) is 55.6 Å². The van der Waals surface area contributed by atoms with Crippen molar-refractivity contribution in [3.63, 3.8) is 0 Å². The summed E-state index contributed by atoms with van der Waals surface area (Å²) < 4.78 is 0. The van der Waals surface area contributed by atoms with Crippen molar-refractivity contribution in [2.45, 2.75) is 40.5 Å². The Morgan fingerprint density at radius 2 is 0.556 bits per heavy atom. The van der Waals surface area contributed by atoms with Crippen LogP contribution in [0.15, 0.2) is 158 Å². The maximum Gasteiger partial charge on any atom is 0.0462 e. The number of rotatable bonds is 8. The first-order valence-electron chi connectivity index (χ1n) is 19.0. The van der Waals surface area contributed by atoms with Gasteiger partial charge in [0, 0.05) is 34.1 Å². The zero-order chi connectivity index (χ0) is 36.8. The van der Waals surface area contributed by atoms with E-state index in [9.17, 15) is 0 Å². The topological polar surface area (TPSA) is 6.48 Å². The summed E-state index contributed by atoms with van der Waals surface area (Å²) >= 11 is 0. The molecule has 0 spiro atoms. The first-order chi connectivity index (χ1) is 26.3. The van der Waals surface area contributed by atoms with Crippen molar-refractivity contribution in [3.05, 3.63) is 213 Å². The van der Waals surface area contributed by atoms with Gasteiger partial charge in [0.15, 0.2) is 0 Å². The Hall–Kier alpha value is -6.38. The number of allylic oxidation sites excluding steroid dienone is 2. The first kappa shape index (κ1) is 33.5. The van der Waals surface area contributed by atoms with Gasteiger partial charge in [-0.3, -0.25) is 0 Å². The largest absolute Gasteiger partial charge is 0.311 e.